The number of carbonyl (C=O) groups is 1. The molecule has 0 bridgehead atoms. The van der Waals surface area contributed by atoms with Crippen LogP contribution < -0.4 is 0 Å². The molecule has 2 atom stereocenters. The minimum Gasteiger partial charge on any atom is -0.478 e. The Hall–Kier alpha value is -1.05. The third-order valence-electron chi connectivity index (χ3n) is 1.74. The zero-order chi connectivity index (χ0) is 8.85. The first-order valence-electron chi connectivity index (χ1n) is 3.61. The highest BCUT2D eigenvalue weighted by Crippen LogP contribution is 2.12. The van der Waals surface area contributed by atoms with E-state index in [1.807, 2.05) is 19.9 Å². The molecule has 2 unspecified atom stereocenters. The molecule has 62 valence electrons. The lowest BCUT2D eigenvalue weighted by Crippen LogP contribution is -2.02. The van der Waals surface area contributed by atoms with Crippen molar-refractivity contribution in [2.24, 2.45) is 11.8 Å². The fraction of sp³-hybridized carbons (Fsp3) is 0.444. The molecule has 1 N–H and O–H groups in total. The summed E-state index contributed by atoms with van der Waals surface area (Å²) >= 11 is 0. The highest BCUT2D eigenvalue weighted by atomic mass is 16.4. The van der Waals surface area contributed by atoms with Crippen LogP contribution in [-0.4, -0.2) is 11.1 Å². The van der Waals surface area contributed by atoms with Crippen LogP contribution in [0, 0.1) is 11.8 Å². The van der Waals surface area contributed by atoms with Gasteiger partial charge in [0, 0.05) is 6.08 Å². The van der Waals surface area contributed by atoms with Crippen LogP contribution >= 0.6 is 0 Å². The van der Waals surface area contributed by atoms with Gasteiger partial charge in [0.05, 0.1) is 0 Å². The fourth-order valence-electron chi connectivity index (χ4n) is 0.624. The number of allylic oxidation sites excluding steroid dienone is 2. The van der Waals surface area contributed by atoms with Crippen LogP contribution in [0.25, 0.3) is 0 Å². The Morgan fingerprint density at radius 2 is 2.00 bits per heavy atom. The van der Waals surface area contributed by atoms with Gasteiger partial charge in [-0.1, -0.05) is 26.0 Å². The first-order chi connectivity index (χ1) is 5.07. The van der Waals surface area contributed by atoms with Crippen LogP contribution in [0.3, 0.4) is 0 Å². The van der Waals surface area contributed by atoms with Crippen molar-refractivity contribution < 1.29 is 9.90 Å². The molecule has 0 aliphatic rings. The highest BCUT2D eigenvalue weighted by Gasteiger charge is 2.03. The molecular weight excluding hydrogens is 140 g/mol. The summed E-state index contributed by atoms with van der Waals surface area (Å²) in [5.74, 6) is -0.331. The van der Waals surface area contributed by atoms with Crippen molar-refractivity contribution >= 4 is 5.97 Å². The SMILES string of the molecule is C=CC(C)C(C)/C=C/C(=O)O. The Balaban J connectivity index is 3.94. The first kappa shape index (κ1) is 9.95. The number of carboxylic acid groups (broad SMARTS) is 1. The largest absolute Gasteiger partial charge is 0.478 e. The average molecular weight is 154 g/mol. The smallest absolute Gasteiger partial charge is 0.327 e. The van der Waals surface area contributed by atoms with Crippen molar-refractivity contribution in [2.45, 2.75) is 13.8 Å². The fourth-order valence-corrected chi connectivity index (χ4v) is 0.624. The molecule has 0 spiro atoms. The van der Waals surface area contributed by atoms with E-state index >= 15 is 0 Å². The van der Waals surface area contributed by atoms with Crippen LogP contribution in [0.2, 0.25) is 0 Å². The second kappa shape index (κ2) is 4.72. The third-order valence-corrected chi connectivity index (χ3v) is 1.74. The molecule has 0 saturated carbocycles. The van der Waals surface area contributed by atoms with Crippen LogP contribution in [0.15, 0.2) is 24.8 Å². The van der Waals surface area contributed by atoms with Crippen LogP contribution in [-0.2, 0) is 4.79 Å². The third kappa shape index (κ3) is 4.37. The van der Waals surface area contributed by atoms with Crippen LogP contribution in [0.4, 0.5) is 0 Å². The summed E-state index contributed by atoms with van der Waals surface area (Å²) in [6, 6.07) is 0. The molecule has 0 aliphatic carbocycles. The molecule has 2 nitrogen and oxygen atoms in total. The summed E-state index contributed by atoms with van der Waals surface area (Å²) in [5, 5.41) is 8.30. The minimum atomic E-state index is -0.895. The van der Waals surface area contributed by atoms with Crippen molar-refractivity contribution in [3.05, 3.63) is 24.8 Å². The molecular formula is C9H14O2. The van der Waals surface area contributed by atoms with Crippen molar-refractivity contribution in [1.29, 1.82) is 0 Å². The predicted molar refractivity (Wildman–Crippen MR) is 45.3 cm³/mol. The van der Waals surface area contributed by atoms with Gasteiger partial charge >= 0.3 is 5.97 Å². The van der Waals surface area contributed by atoms with Gasteiger partial charge in [0.2, 0.25) is 0 Å². The van der Waals surface area contributed by atoms with E-state index in [1.54, 1.807) is 6.08 Å². The van der Waals surface area contributed by atoms with Gasteiger partial charge in [0.1, 0.15) is 0 Å². The van der Waals surface area contributed by atoms with E-state index in [0.717, 1.165) is 0 Å². The number of hydrogen-bond donors (Lipinski definition) is 1. The highest BCUT2D eigenvalue weighted by molar-refractivity contribution is 5.79. The van der Waals surface area contributed by atoms with Crippen LogP contribution in [0.5, 0.6) is 0 Å². The first-order valence-corrected chi connectivity index (χ1v) is 3.61. The summed E-state index contributed by atoms with van der Waals surface area (Å²) in [4.78, 5) is 10.1. The van der Waals surface area contributed by atoms with E-state index in [0.29, 0.717) is 5.92 Å². The molecule has 0 amide bonds. The number of hydrogen-bond acceptors (Lipinski definition) is 1. The van der Waals surface area contributed by atoms with E-state index in [4.69, 9.17) is 5.11 Å². The van der Waals surface area contributed by atoms with E-state index < -0.39 is 5.97 Å². The van der Waals surface area contributed by atoms with Gasteiger partial charge in [0.15, 0.2) is 0 Å². The van der Waals surface area contributed by atoms with E-state index in [2.05, 4.69) is 6.58 Å². The van der Waals surface area contributed by atoms with E-state index in [-0.39, 0.29) is 5.92 Å². The van der Waals surface area contributed by atoms with E-state index in [1.165, 1.54) is 6.08 Å². The molecule has 0 radical (unpaired) electrons. The zero-order valence-corrected chi connectivity index (χ0v) is 6.95. The van der Waals surface area contributed by atoms with Crippen molar-refractivity contribution in [1.82, 2.24) is 0 Å². The maximum atomic E-state index is 10.1. The second-order valence-corrected chi connectivity index (χ2v) is 2.65. The Bertz CT molecular complexity index is 170. The van der Waals surface area contributed by atoms with Gasteiger partial charge in [-0.3, -0.25) is 0 Å². The number of aliphatic carboxylic acids is 1. The number of rotatable bonds is 4. The van der Waals surface area contributed by atoms with Gasteiger partial charge in [-0.2, -0.15) is 0 Å². The quantitative estimate of drug-likeness (QED) is 0.497. The summed E-state index contributed by atoms with van der Waals surface area (Å²) in [6.07, 6.45) is 4.66. The zero-order valence-electron chi connectivity index (χ0n) is 6.95. The minimum absolute atomic E-state index is 0.239. The maximum absolute atomic E-state index is 10.1. The number of carboxylic acids is 1. The normalized spacial score (nSPS) is 16.2. The van der Waals surface area contributed by atoms with E-state index in [9.17, 15) is 4.79 Å². The molecule has 0 aromatic carbocycles. The Morgan fingerprint density at radius 1 is 1.45 bits per heavy atom. The van der Waals surface area contributed by atoms with Gasteiger partial charge in [0.25, 0.3) is 0 Å². The lowest BCUT2D eigenvalue weighted by Gasteiger charge is -2.09. The summed E-state index contributed by atoms with van der Waals surface area (Å²) in [6.45, 7) is 7.60. The lowest BCUT2D eigenvalue weighted by molar-refractivity contribution is -0.131. The Morgan fingerprint density at radius 3 is 2.36 bits per heavy atom. The standard InChI is InChI=1S/C9H14O2/c1-4-7(2)8(3)5-6-9(10)11/h4-8H,1H2,2-3H3,(H,10,11)/b6-5+. The maximum Gasteiger partial charge on any atom is 0.327 e. The van der Waals surface area contributed by atoms with Gasteiger partial charge < -0.3 is 5.11 Å². The lowest BCUT2D eigenvalue weighted by atomic mass is 9.96. The molecule has 2 heteroatoms. The molecule has 0 aromatic rings. The summed E-state index contributed by atoms with van der Waals surface area (Å²) in [5.41, 5.74) is 0. The Labute approximate surface area is 67.2 Å². The molecule has 0 aliphatic heterocycles. The second-order valence-electron chi connectivity index (χ2n) is 2.65. The topological polar surface area (TPSA) is 37.3 Å². The molecule has 0 rings (SSSR count). The van der Waals surface area contributed by atoms with Gasteiger partial charge in [-0.25, -0.2) is 4.79 Å². The van der Waals surface area contributed by atoms with Crippen molar-refractivity contribution in [3.8, 4) is 0 Å². The van der Waals surface area contributed by atoms with Gasteiger partial charge in [-0.15, -0.1) is 6.58 Å². The molecule has 0 heterocycles. The molecule has 0 fully saturated rings. The Kier molecular flexibility index (Phi) is 4.27. The molecule has 0 saturated heterocycles. The van der Waals surface area contributed by atoms with Crippen LogP contribution in [0.1, 0.15) is 13.8 Å². The van der Waals surface area contributed by atoms with Crippen molar-refractivity contribution in [3.63, 3.8) is 0 Å². The monoisotopic (exact) mass is 154 g/mol. The average Bonchev–Trinajstić information content (AvgIpc) is 1.98. The summed E-state index contributed by atoms with van der Waals surface area (Å²) in [7, 11) is 0. The summed E-state index contributed by atoms with van der Waals surface area (Å²) < 4.78 is 0. The van der Waals surface area contributed by atoms with Gasteiger partial charge in [-0.05, 0) is 11.8 Å². The molecule has 11 heavy (non-hydrogen) atoms. The predicted octanol–water partition coefficient (Wildman–Crippen LogP) is 2.09. The van der Waals surface area contributed by atoms with Crippen molar-refractivity contribution in [2.75, 3.05) is 0 Å². The molecule has 0 aromatic heterocycles.